The minimum absolute atomic E-state index is 0.0999. The first-order valence-corrected chi connectivity index (χ1v) is 9.43. The fourth-order valence-corrected chi connectivity index (χ4v) is 2.59. The van der Waals surface area contributed by atoms with Crippen LogP contribution < -0.4 is 21.1 Å². The fraction of sp³-hybridized carbons (Fsp3) is 0.250. The Morgan fingerprint density at radius 3 is 2.53 bits per heavy atom. The Hall–Kier alpha value is -3.95. The van der Waals surface area contributed by atoms with Crippen LogP contribution in [0.3, 0.4) is 0 Å². The van der Waals surface area contributed by atoms with E-state index >= 15 is 0 Å². The number of ether oxygens (including phenoxy) is 1. The van der Waals surface area contributed by atoms with E-state index in [1.165, 1.54) is 0 Å². The second-order valence-corrected chi connectivity index (χ2v) is 6.41. The van der Waals surface area contributed by atoms with E-state index in [9.17, 15) is 4.79 Å². The maximum absolute atomic E-state index is 10.5. The smallest absolute Gasteiger partial charge is 0.404 e. The molecule has 3 aromatic rings. The van der Waals surface area contributed by atoms with Gasteiger partial charge in [-0.3, -0.25) is 0 Å². The second-order valence-electron chi connectivity index (χ2n) is 6.41. The van der Waals surface area contributed by atoms with E-state index in [0.717, 1.165) is 17.5 Å². The van der Waals surface area contributed by atoms with Gasteiger partial charge in [-0.15, -0.1) is 0 Å². The van der Waals surface area contributed by atoms with Gasteiger partial charge in [0.25, 0.3) is 0 Å². The summed E-state index contributed by atoms with van der Waals surface area (Å²) in [6.07, 6.45) is 3.98. The normalized spacial score (nSPS) is 10.4. The molecule has 0 radical (unpaired) electrons. The third-order valence-electron chi connectivity index (χ3n) is 4.15. The summed E-state index contributed by atoms with van der Waals surface area (Å²) < 4.78 is 5.78. The van der Waals surface area contributed by atoms with E-state index in [1.54, 1.807) is 30.6 Å². The van der Waals surface area contributed by atoms with Gasteiger partial charge in [0.05, 0.1) is 12.2 Å². The average molecular weight is 409 g/mol. The van der Waals surface area contributed by atoms with Crippen LogP contribution in [0.15, 0.2) is 42.7 Å². The second kappa shape index (κ2) is 10.0. The average Bonchev–Trinajstić information content (AvgIpc) is 2.73. The van der Waals surface area contributed by atoms with Crippen molar-refractivity contribution >= 4 is 18.0 Å². The van der Waals surface area contributed by atoms with Crippen molar-refractivity contribution in [3.05, 3.63) is 59.5 Å². The lowest BCUT2D eigenvalue weighted by Crippen LogP contribution is -2.23. The highest BCUT2D eigenvalue weighted by atomic mass is 16.5. The van der Waals surface area contributed by atoms with Crippen LogP contribution in [-0.4, -0.2) is 37.7 Å². The van der Waals surface area contributed by atoms with Gasteiger partial charge < -0.3 is 26.2 Å². The third kappa shape index (κ3) is 6.30. The van der Waals surface area contributed by atoms with Gasteiger partial charge in [-0.25, -0.2) is 19.7 Å². The number of carboxylic acid groups (broad SMARTS) is 1. The number of aryl methyl sites for hydroxylation is 1. The molecule has 2 aromatic heterocycles. The topological polar surface area (TPSA) is 148 Å². The molecule has 0 saturated heterocycles. The Labute approximate surface area is 173 Å². The number of nitrogen functional groups attached to an aromatic ring is 1. The van der Waals surface area contributed by atoms with Crippen LogP contribution in [0.4, 0.5) is 16.7 Å². The Morgan fingerprint density at radius 2 is 1.87 bits per heavy atom. The van der Waals surface area contributed by atoms with Gasteiger partial charge in [-0.1, -0.05) is 19.1 Å². The Morgan fingerprint density at radius 1 is 1.13 bits per heavy atom. The lowest BCUT2D eigenvalue weighted by atomic mass is 10.1. The van der Waals surface area contributed by atoms with Crippen molar-refractivity contribution in [3.63, 3.8) is 0 Å². The van der Waals surface area contributed by atoms with Crippen molar-refractivity contribution in [3.8, 4) is 11.6 Å². The summed E-state index contributed by atoms with van der Waals surface area (Å²) in [4.78, 5) is 27.3. The molecule has 10 heteroatoms. The molecule has 0 aliphatic carbocycles. The van der Waals surface area contributed by atoms with E-state index in [1.807, 2.05) is 19.1 Å². The summed E-state index contributed by atoms with van der Waals surface area (Å²) in [7, 11) is 0. The number of amides is 1. The maximum atomic E-state index is 10.5. The molecule has 2 heterocycles. The van der Waals surface area contributed by atoms with E-state index in [0.29, 0.717) is 42.8 Å². The standard InChI is InChI=1S/C20H23N7O3/c1-2-13-10-23-19(24-11-13)25-12-15-9-17(27-18(21)26-15)30-16-5-3-14(4-6-16)7-8-22-20(28)29/h3-6,9-11,22H,2,7-8,12H2,1H3,(H,28,29)(H2,21,26,27)(H,23,24,25). The van der Waals surface area contributed by atoms with Crippen LogP contribution in [0.25, 0.3) is 0 Å². The van der Waals surface area contributed by atoms with Gasteiger partial charge in [0.15, 0.2) is 0 Å². The predicted octanol–water partition coefficient (Wildman–Crippen LogP) is 2.63. The predicted molar refractivity (Wildman–Crippen MR) is 111 cm³/mol. The molecule has 0 saturated carbocycles. The zero-order valence-electron chi connectivity index (χ0n) is 16.5. The molecule has 0 aliphatic heterocycles. The lowest BCUT2D eigenvalue weighted by molar-refractivity contribution is 0.194. The first kappa shape index (κ1) is 20.8. The van der Waals surface area contributed by atoms with E-state index in [-0.39, 0.29) is 5.95 Å². The number of hydrogen-bond donors (Lipinski definition) is 4. The molecule has 0 spiro atoms. The summed E-state index contributed by atoms with van der Waals surface area (Å²) in [5.41, 5.74) is 8.49. The molecule has 156 valence electrons. The quantitative estimate of drug-likeness (QED) is 0.418. The minimum Gasteiger partial charge on any atom is -0.465 e. The van der Waals surface area contributed by atoms with Gasteiger partial charge >= 0.3 is 6.09 Å². The van der Waals surface area contributed by atoms with Crippen LogP contribution >= 0.6 is 0 Å². The number of rotatable bonds is 9. The van der Waals surface area contributed by atoms with Crippen molar-refractivity contribution in [1.29, 1.82) is 0 Å². The number of anilines is 2. The SMILES string of the molecule is CCc1cnc(NCc2cc(Oc3ccc(CCNC(=O)O)cc3)nc(N)n2)nc1. The number of hydrogen-bond acceptors (Lipinski definition) is 8. The first-order chi connectivity index (χ1) is 14.5. The highest BCUT2D eigenvalue weighted by Crippen LogP contribution is 2.21. The first-order valence-electron chi connectivity index (χ1n) is 9.43. The summed E-state index contributed by atoms with van der Waals surface area (Å²) in [6, 6.07) is 8.99. The molecular formula is C20H23N7O3. The van der Waals surface area contributed by atoms with Crippen molar-refractivity contribution in [2.45, 2.75) is 26.3 Å². The molecule has 0 atom stereocenters. The number of carbonyl (C=O) groups is 1. The summed E-state index contributed by atoms with van der Waals surface area (Å²) in [5.74, 6) is 1.50. The highest BCUT2D eigenvalue weighted by Gasteiger charge is 2.07. The monoisotopic (exact) mass is 409 g/mol. The highest BCUT2D eigenvalue weighted by molar-refractivity contribution is 5.64. The molecule has 0 bridgehead atoms. The van der Waals surface area contributed by atoms with Crippen LogP contribution in [0, 0.1) is 0 Å². The van der Waals surface area contributed by atoms with Gasteiger partial charge in [-0.05, 0) is 36.1 Å². The molecule has 5 N–H and O–H groups in total. The van der Waals surface area contributed by atoms with Crippen molar-refractivity contribution < 1.29 is 14.6 Å². The molecule has 0 unspecified atom stereocenters. The summed E-state index contributed by atoms with van der Waals surface area (Å²) in [6.45, 7) is 2.75. The molecule has 0 fully saturated rings. The number of nitrogens with one attached hydrogen (secondary N) is 2. The van der Waals surface area contributed by atoms with E-state index < -0.39 is 6.09 Å². The number of nitrogens with zero attached hydrogens (tertiary/aromatic N) is 4. The third-order valence-corrected chi connectivity index (χ3v) is 4.15. The largest absolute Gasteiger partial charge is 0.465 e. The van der Waals surface area contributed by atoms with Crippen molar-refractivity contribution in [1.82, 2.24) is 25.3 Å². The molecule has 0 aliphatic rings. The lowest BCUT2D eigenvalue weighted by Gasteiger charge is -2.09. The van der Waals surface area contributed by atoms with Gasteiger partial charge in [0.1, 0.15) is 5.75 Å². The molecule has 3 rings (SSSR count). The van der Waals surface area contributed by atoms with Crippen LogP contribution in [0.1, 0.15) is 23.7 Å². The fourth-order valence-electron chi connectivity index (χ4n) is 2.59. The summed E-state index contributed by atoms with van der Waals surface area (Å²) >= 11 is 0. The minimum atomic E-state index is -1.04. The van der Waals surface area contributed by atoms with Gasteiger partial charge in [0.2, 0.25) is 17.8 Å². The van der Waals surface area contributed by atoms with E-state index in [2.05, 4.69) is 30.6 Å². The zero-order valence-corrected chi connectivity index (χ0v) is 16.5. The van der Waals surface area contributed by atoms with Crippen LogP contribution in [0.2, 0.25) is 0 Å². The summed E-state index contributed by atoms with van der Waals surface area (Å²) in [5, 5.41) is 14.0. The Kier molecular flexibility index (Phi) is 6.93. The molecule has 1 amide bonds. The van der Waals surface area contributed by atoms with E-state index in [4.69, 9.17) is 15.6 Å². The number of nitrogens with two attached hydrogens (primary N) is 1. The Balaban J connectivity index is 1.59. The molecule has 1 aromatic carbocycles. The number of benzene rings is 1. The zero-order chi connectivity index (χ0) is 21.3. The Bertz CT molecular complexity index is 979. The van der Waals surface area contributed by atoms with Crippen molar-refractivity contribution in [2.75, 3.05) is 17.6 Å². The number of aromatic nitrogens is 4. The van der Waals surface area contributed by atoms with Crippen LogP contribution in [-0.2, 0) is 19.4 Å². The maximum Gasteiger partial charge on any atom is 0.404 e. The van der Waals surface area contributed by atoms with Crippen LogP contribution in [0.5, 0.6) is 11.6 Å². The molecule has 30 heavy (non-hydrogen) atoms. The van der Waals surface area contributed by atoms with Crippen molar-refractivity contribution in [2.24, 2.45) is 0 Å². The van der Waals surface area contributed by atoms with Gasteiger partial charge in [-0.2, -0.15) is 4.98 Å². The van der Waals surface area contributed by atoms with Gasteiger partial charge in [0, 0.05) is 25.0 Å². The molecular weight excluding hydrogens is 386 g/mol. The molecule has 10 nitrogen and oxygen atoms in total.